The van der Waals surface area contributed by atoms with Crippen LogP contribution in [0.25, 0.3) is 0 Å². The van der Waals surface area contributed by atoms with Gasteiger partial charge in [0.25, 0.3) is 0 Å². The second-order valence-corrected chi connectivity index (χ2v) is 8.81. The first-order valence-corrected chi connectivity index (χ1v) is 10.8. The van der Waals surface area contributed by atoms with Gasteiger partial charge in [-0.15, -0.1) is 0 Å². The third-order valence-electron chi connectivity index (χ3n) is 5.99. The van der Waals surface area contributed by atoms with E-state index in [1.54, 1.807) is 19.8 Å². The zero-order valence-electron chi connectivity index (χ0n) is 16.9. The Balaban J connectivity index is 1.81. The highest BCUT2D eigenvalue weighted by atomic mass is 32.2. The number of benzene rings is 2. The zero-order chi connectivity index (χ0) is 19.6. The molecular formula is C24H28O3S. The smallest absolute Gasteiger partial charge is 0.161 e. The highest BCUT2D eigenvalue weighted by molar-refractivity contribution is 8.03. The van der Waals surface area contributed by atoms with Crippen molar-refractivity contribution in [1.29, 1.82) is 0 Å². The van der Waals surface area contributed by atoms with Gasteiger partial charge < -0.3 is 14.2 Å². The standard InChI is InChI=1S/C24H28O3S/c1-25-21-14-13-17(15-22(21)26-2)20-16-24(27-3,18-9-5-4-6-10-18)28-23-12-8-7-11-19(20)23/h4-6,9-10,13-15,20H,7-8,11-12,16H2,1-3H3. The maximum Gasteiger partial charge on any atom is 0.161 e. The number of thioether (sulfide) groups is 1. The molecule has 0 bridgehead atoms. The van der Waals surface area contributed by atoms with E-state index < -0.39 is 0 Å². The summed E-state index contributed by atoms with van der Waals surface area (Å²) in [5, 5.41) is 0. The molecule has 2 aliphatic rings. The van der Waals surface area contributed by atoms with Crippen molar-refractivity contribution in [3.05, 3.63) is 70.1 Å². The molecule has 2 atom stereocenters. The highest BCUT2D eigenvalue weighted by Crippen LogP contribution is 2.58. The number of rotatable bonds is 5. The first kappa shape index (κ1) is 19.4. The topological polar surface area (TPSA) is 27.7 Å². The fourth-order valence-electron chi connectivity index (χ4n) is 4.52. The van der Waals surface area contributed by atoms with Crippen LogP contribution in [0, 0.1) is 0 Å². The Morgan fingerprint density at radius 3 is 2.36 bits per heavy atom. The molecule has 0 spiro atoms. The van der Waals surface area contributed by atoms with Crippen LogP contribution in [0.1, 0.15) is 49.1 Å². The summed E-state index contributed by atoms with van der Waals surface area (Å²) in [6, 6.07) is 17.0. The Labute approximate surface area is 172 Å². The molecule has 148 valence electrons. The predicted octanol–water partition coefficient (Wildman–Crippen LogP) is 6.25. The first-order chi connectivity index (χ1) is 13.7. The van der Waals surface area contributed by atoms with Gasteiger partial charge in [0.15, 0.2) is 11.5 Å². The van der Waals surface area contributed by atoms with Crippen LogP contribution < -0.4 is 9.47 Å². The van der Waals surface area contributed by atoms with Crippen molar-refractivity contribution in [2.75, 3.05) is 21.3 Å². The Morgan fingerprint density at radius 1 is 0.893 bits per heavy atom. The van der Waals surface area contributed by atoms with E-state index in [4.69, 9.17) is 14.2 Å². The average molecular weight is 397 g/mol. The lowest BCUT2D eigenvalue weighted by molar-refractivity contribution is 0.0559. The molecule has 4 rings (SSSR count). The molecule has 0 saturated carbocycles. The van der Waals surface area contributed by atoms with E-state index in [0.717, 1.165) is 24.3 Å². The Morgan fingerprint density at radius 2 is 1.64 bits per heavy atom. The lowest BCUT2D eigenvalue weighted by atomic mass is 9.79. The maximum atomic E-state index is 6.24. The summed E-state index contributed by atoms with van der Waals surface area (Å²) >= 11 is 1.93. The SMILES string of the molecule is COc1ccc(C2CC(OC)(c3ccccc3)SC3=C2CCCC3)cc1OC. The molecule has 1 aliphatic heterocycles. The second kappa shape index (κ2) is 8.22. The fourth-order valence-corrected chi connectivity index (χ4v) is 6.13. The van der Waals surface area contributed by atoms with E-state index in [2.05, 4.69) is 42.5 Å². The van der Waals surface area contributed by atoms with Gasteiger partial charge in [-0.2, -0.15) is 0 Å². The van der Waals surface area contributed by atoms with Gasteiger partial charge in [-0.1, -0.05) is 53.7 Å². The highest BCUT2D eigenvalue weighted by Gasteiger charge is 2.43. The van der Waals surface area contributed by atoms with Crippen molar-refractivity contribution in [2.45, 2.75) is 43.0 Å². The maximum absolute atomic E-state index is 6.24. The number of ether oxygens (including phenoxy) is 3. The van der Waals surface area contributed by atoms with Gasteiger partial charge in [-0.3, -0.25) is 0 Å². The lowest BCUT2D eigenvalue weighted by Gasteiger charge is -2.43. The molecule has 1 aliphatic carbocycles. The minimum atomic E-state index is -0.352. The van der Waals surface area contributed by atoms with Crippen molar-refractivity contribution in [3.8, 4) is 11.5 Å². The summed E-state index contributed by atoms with van der Waals surface area (Å²) in [7, 11) is 5.23. The van der Waals surface area contributed by atoms with E-state index in [1.807, 2.05) is 24.9 Å². The normalized spacial score (nSPS) is 24.6. The van der Waals surface area contributed by atoms with Gasteiger partial charge in [-0.25, -0.2) is 0 Å². The average Bonchev–Trinajstić information content (AvgIpc) is 2.78. The van der Waals surface area contributed by atoms with Crippen LogP contribution in [0.5, 0.6) is 11.5 Å². The summed E-state index contributed by atoms with van der Waals surface area (Å²) in [6.07, 6.45) is 5.79. The van der Waals surface area contributed by atoms with Gasteiger partial charge in [0, 0.05) is 19.4 Å². The number of methoxy groups -OCH3 is 3. The summed E-state index contributed by atoms with van der Waals surface area (Å²) in [5.41, 5.74) is 4.11. The molecule has 0 aromatic heterocycles. The predicted molar refractivity (Wildman–Crippen MR) is 115 cm³/mol. The zero-order valence-corrected chi connectivity index (χ0v) is 17.7. The number of hydrogen-bond donors (Lipinski definition) is 0. The van der Waals surface area contributed by atoms with Crippen LogP contribution >= 0.6 is 11.8 Å². The van der Waals surface area contributed by atoms with Crippen molar-refractivity contribution in [2.24, 2.45) is 0 Å². The fraction of sp³-hybridized carbons (Fsp3) is 0.417. The summed E-state index contributed by atoms with van der Waals surface area (Å²) in [5.74, 6) is 1.89. The van der Waals surface area contributed by atoms with Crippen molar-refractivity contribution in [1.82, 2.24) is 0 Å². The molecule has 3 nitrogen and oxygen atoms in total. The van der Waals surface area contributed by atoms with Crippen LogP contribution in [0.15, 0.2) is 59.0 Å². The lowest BCUT2D eigenvalue weighted by Crippen LogP contribution is -2.32. The van der Waals surface area contributed by atoms with Crippen molar-refractivity contribution in [3.63, 3.8) is 0 Å². The van der Waals surface area contributed by atoms with E-state index in [-0.39, 0.29) is 4.93 Å². The quantitative estimate of drug-likeness (QED) is 0.597. The van der Waals surface area contributed by atoms with Gasteiger partial charge >= 0.3 is 0 Å². The molecule has 4 heteroatoms. The summed E-state index contributed by atoms with van der Waals surface area (Å²) < 4.78 is 17.3. The molecule has 0 N–H and O–H groups in total. The first-order valence-electron chi connectivity index (χ1n) is 9.94. The summed E-state index contributed by atoms with van der Waals surface area (Å²) in [6.45, 7) is 0. The van der Waals surface area contributed by atoms with Gasteiger partial charge in [0.2, 0.25) is 0 Å². The van der Waals surface area contributed by atoms with Crippen LogP contribution in [-0.2, 0) is 9.67 Å². The van der Waals surface area contributed by atoms with Gasteiger partial charge in [-0.05, 0) is 53.8 Å². The third-order valence-corrected chi connectivity index (χ3v) is 7.60. The molecule has 0 radical (unpaired) electrons. The molecule has 2 aromatic carbocycles. The van der Waals surface area contributed by atoms with Crippen molar-refractivity contribution < 1.29 is 14.2 Å². The van der Waals surface area contributed by atoms with E-state index in [9.17, 15) is 0 Å². The minimum Gasteiger partial charge on any atom is -0.493 e. The molecule has 28 heavy (non-hydrogen) atoms. The van der Waals surface area contributed by atoms with Crippen LogP contribution in [-0.4, -0.2) is 21.3 Å². The largest absolute Gasteiger partial charge is 0.493 e. The minimum absolute atomic E-state index is 0.330. The molecule has 0 amide bonds. The molecular weight excluding hydrogens is 368 g/mol. The van der Waals surface area contributed by atoms with E-state index in [1.165, 1.54) is 35.3 Å². The molecule has 1 heterocycles. The molecule has 0 fully saturated rings. The van der Waals surface area contributed by atoms with Crippen LogP contribution in [0.4, 0.5) is 0 Å². The summed E-state index contributed by atoms with van der Waals surface area (Å²) in [4.78, 5) is 1.16. The van der Waals surface area contributed by atoms with Gasteiger partial charge in [0.1, 0.15) is 4.93 Å². The molecule has 0 saturated heterocycles. The van der Waals surface area contributed by atoms with Crippen LogP contribution in [0.3, 0.4) is 0 Å². The number of allylic oxidation sites excluding steroid dienone is 2. The number of hydrogen-bond acceptors (Lipinski definition) is 4. The van der Waals surface area contributed by atoms with Gasteiger partial charge in [0.05, 0.1) is 14.2 Å². The van der Waals surface area contributed by atoms with E-state index in [0.29, 0.717) is 5.92 Å². The molecule has 2 aromatic rings. The van der Waals surface area contributed by atoms with Crippen LogP contribution in [0.2, 0.25) is 0 Å². The Kier molecular flexibility index (Phi) is 5.70. The third kappa shape index (κ3) is 3.44. The molecule has 2 unspecified atom stereocenters. The van der Waals surface area contributed by atoms with E-state index >= 15 is 0 Å². The van der Waals surface area contributed by atoms with Crippen molar-refractivity contribution >= 4 is 11.8 Å². The Hall–Kier alpha value is -1.91. The second-order valence-electron chi connectivity index (χ2n) is 7.45. The Bertz CT molecular complexity index is 861. The monoisotopic (exact) mass is 396 g/mol.